The quantitative estimate of drug-likeness (QED) is 0.649. The third kappa shape index (κ3) is 3.27. The molecule has 4 heterocycles. The summed E-state index contributed by atoms with van der Waals surface area (Å²) in [6.45, 7) is 1.92. The van der Waals surface area contributed by atoms with Crippen LogP contribution in [0.15, 0.2) is 46.9 Å². The molecule has 154 valence electrons. The molecular formula is C22H22N4O3S. The lowest BCUT2D eigenvalue weighted by Gasteiger charge is -2.20. The lowest BCUT2D eigenvalue weighted by molar-refractivity contribution is -0.130. The number of fused-ring (bicyclic) bond motifs is 3. The molecule has 3 aromatic rings. The first kappa shape index (κ1) is 18.9. The molecule has 0 unspecified atom stereocenters. The summed E-state index contributed by atoms with van der Waals surface area (Å²) in [5, 5.41) is 8.02. The van der Waals surface area contributed by atoms with E-state index in [1.807, 2.05) is 51.2 Å². The van der Waals surface area contributed by atoms with Gasteiger partial charge in [0.2, 0.25) is 5.91 Å². The fraction of sp³-hybridized carbons (Fsp3) is 0.318. The molecule has 2 aliphatic heterocycles. The SMILES string of the molecule is COc1ccc(C2=NN(CC(=O)N3CCCC3)C(=O)c3cc4sccc4n3C2)cc1. The van der Waals surface area contributed by atoms with Crippen LogP contribution in [0.4, 0.5) is 0 Å². The molecule has 0 N–H and O–H groups in total. The largest absolute Gasteiger partial charge is 0.497 e. The Kier molecular flexibility index (Phi) is 4.78. The van der Waals surface area contributed by atoms with E-state index in [1.54, 1.807) is 18.4 Å². The zero-order chi connectivity index (χ0) is 20.7. The first-order valence-corrected chi connectivity index (χ1v) is 10.9. The number of methoxy groups -OCH3 is 1. The third-order valence-electron chi connectivity index (χ3n) is 5.69. The Morgan fingerprint density at radius 1 is 1.17 bits per heavy atom. The fourth-order valence-corrected chi connectivity index (χ4v) is 4.89. The highest BCUT2D eigenvalue weighted by Crippen LogP contribution is 2.28. The van der Waals surface area contributed by atoms with Crippen LogP contribution in [0, 0.1) is 0 Å². The molecule has 1 fully saturated rings. The van der Waals surface area contributed by atoms with Gasteiger partial charge in [0.05, 0.1) is 29.6 Å². The predicted molar refractivity (Wildman–Crippen MR) is 116 cm³/mol. The molecule has 30 heavy (non-hydrogen) atoms. The molecule has 0 bridgehead atoms. The van der Waals surface area contributed by atoms with E-state index in [-0.39, 0.29) is 18.4 Å². The number of thiophene rings is 1. The summed E-state index contributed by atoms with van der Waals surface area (Å²) in [7, 11) is 1.63. The van der Waals surface area contributed by atoms with Crippen molar-refractivity contribution in [3.8, 4) is 5.75 Å². The molecule has 8 heteroatoms. The minimum atomic E-state index is -0.241. The molecular weight excluding hydrogens is 400 g/mol. The molecule has 0 radical (unpaired) electrons. The molecule has 0 aliphatic carbocycles. The van der Waals surface area contributed by atoms with Crippen molar-refractivity contribution in [2.75, 3.05) is 26.7 Å². The molecule has 0 saturated carbocycles. The molecule has 0 spiro atoms. The Balaban J connectivity index is 1.55. The van der Waals surface area contributed by atoms with E-state index < -0.39 is 0 Å². The highest BCUT2D eigenvalue weighted by molar-refractivity contribution is 7.17. The number of hydrazone groups is 1. The standard InChI is InChI=1S/C22H22N4O3S/c1-29-16-6-4-15(5-7-16)17-13-25-18-8-11-30-20(18)12-19(25)22(28)26(23-17)14-21(27)24-9-2-3-10-24/h4-8,11-12H,2-3,9-10,13-14H2,1H3. The van der Waals surface area contributed by atoms with Crippen molar-refractivity contribution < 1.29 is 14.3 Å². The van der Waals surface area contributed by atoms with Crippen LogP contribution in [0.3, 0.4) is 0 Å². The van der Waals surface area contributed by atoms with Crippen LogP contribution in [0.25, 0.3) is 10.2 Å². The van der Waals surface area contributed by atoms with Gasteiger partial charge in [0.15, 0.2) is 0 Å². The van der Waals surface area contributed by atoms with Gasteiger partial charge in [0, 0.05) is 13.1 Å². The van der Waals surface area contributed by atoms with E-state index >= 15 is 0 Å². The van der Waals surface area contributed by atoms with Gasteiger partial charge < -0.3 is 14.2 Å². The van der Waals surface area contributed by atoms with Gasteiger partial charge in [-0.25, -0.2) is 5.01 Å². The van der Waals surface area contributed by atoms with Crippen molar-refractivity contribution in [1.29, 1.82) is 0 Å². The van der Waals surface area contributed by atoms with Crippen LogP contribution >= 0.6 is 11.3 Å². The number of rotatable bonds is 4. The van der Waals surface area contributed by atoms with Gasteiger partial charge in [0.25, 0.3) is 5.91 Å². The number of aromatic nitrogens is 1. The van der Waals surface area contributed by atoms with Gasteiger partial charge in [-0.2, -0.15) is 5.10 Å². The molecule has 1 aromatic carbocycles. The van der Waals surface area contributed by atoms with Gasteiger partial charge >= 0.3 is 0 Å². The summed E-state index contributed by atoms with van der Waals surface area (Å²) in [5.74, 6) is 0.460. The first-order valence-electron chi connectivity index (χ1n) is 10.0. The molecule has 2 aromatic heterocycles. The minimum Gasteiger partial charge on any atom is -0.497 e. The lowest BCUT2D eigenvalue weighted by Crippen LogP contribution is -2.39. The van der Waals surface area contributed by atoms with Gasteiger partial charge in [-0.3, -0.25) is 9.59 Å². The normalized spacial score (nSPS) is 16.6. The lowest BCUT2D eigenvalue weighted by atomic mass is 10.1. The van der Waals surface area contributed by atoms with Gasteiger partial charge in [-0.15, -0.1) is 11.3 Å². The maximum absolute atomic E-state index is 13.3. The number of carbonyl (C=O) groups is 2. The van der Waals surface area contributed by atoms with E-state index in [1.165, 1.54) is 5.01 Å². The van der Waals surface area contributed by atoms with E-state index in [4.69, 9.17) is 4.74 Å². The van der Waals surface area contributed by atoms with Gasteiger partial charge in [0.1, 0.15) is 18.0 Å². The second kappa shape index (κ2) is 7.60. The van der Waals surface area contributed by atoms with E-state index in [2.05, 4.69) is 5.10 Å². The van der Waals surface area contributed by atoms with Crippen LogP contribution < -0.4 is 4.74 Å². The number of nitrogens with zero attached hydrogens (tertiary/aromatic N) is 4. The average Bonchev–Trinajstić information content (AvgIpc) is 3.49. The van der Waals surface area contributed by atoms with Gasteiger partial charge in [-0.05, 0) is 60.2 Å². The second-order valence-electron chi connectivity index (χ2n) is 7.51. The number of hydrogen-bond donors (Lipinski definition) is 0. The Bertz CT molecular complexity index is 1140. The summed E-state index contributed by atoms with van der Waals surface area (Å²) < 4.78 is 8.31. The van der Waals surface area contributed by atoms with Crippen molar-refractivity contribution in [1.82, 2.24) is 14.5 Å². The summed E-state index contributed by atoms with van der Waals surface area (Å²) >= 11 is 1.60. The van der Waals surface area contributed by atoms with Crippen molar-refractivity contribution in [3.63, 3.8) is 0 Å². The fourth-order valence-electron chi connectivity index (χ4n) is 4.06. The van der Waals surface area contributed by atoms with E-state index in [9.17, 15) is 9.59 Å². The molecule has 0 atom stereocenters. The van der Waals surface area contributed by atoms with Crippen LogP contribution in [-0.4, -0.2) is 58.7 Å². The highest BCUT2D eigenvalue weighted by Gasteiger charge is 2.30. The molecule has 1 saturated heterocycles. The second-order valence-corrected chi connectivity index (χ2v) is 8.46. The maximum atomic E-state index is 13.3. The van der Waals surface area contributed by atoms with Crippen LogP contribution in [0.1, 0.15) is 28.9 Å². The Labute approximate surface area is 178 Å². The molecule has 5 rings (SSSR count). The average molecular weight is 423 g/mol. The summed E-state index contributed by atoms with van der Waals surface area (Å²) in [5.41, 5.74) is 3.21. The van der Waals surface area contributed by atoms with Crippen LogP contribution in [-0.2, 0) is 11.3 Å². The summed E-state index contributed by atoms with van der Waals surface area (Å²) in [6.07, 6.45) is 2.03. The van der Waals surface area contributed by atoms with Crippen LogP contribution in [0.2, 0.25) is 0 Å². The van der Waals surface area contributed by atoms with Crippen molar-refractivity contribution >= 4 is 39.1 Å². The summed E-state index contributed by atoms with van der Waals surface area (Å²) in [6, 6.07) is 11.5. The third-order valence-corrected chi connectivity index (χ3v) is 6.55. The summed E-state index contributed by atoms with van der Waals surface area (Å²) in [4.78, 5) is 27.9. The Morgan fingerprint density at radius 2 is 1.93 bits per heavy atom. The van der Waals surface area contributed by atoms with Gasteiger partial charge in [-0.1, -0.05) is 0 Å². The number of ether oxygens (including phenoxy) is 1. The number of hydrogen-bond acceptors (Lipinski definition) is 5. The zero-order valence-electron chi connectivity index (χ0n) is 16.7. The van der Waals surface area contributed by atoms with E-state index in [0.717, 1.165) is 53.2 Å². The Hall–Kier alpha value is -3.13. The number of likely N-dealkylation sites (tertiary alicyclic amines) is 1. The Morgan fingerprint density at radius 3 is 2.67 bits per heavy atom. The van der Waals surface area contributed by atoms with Crippen LogP contribution in [0.5, 0.6) is 5.75 Å². The monoisotopic (exact) mass is 422 g/mol. The maximum Gasteiger partial charge on any atom is 0.291 e. The first-order chi connectivity index (χ1) is 14.6. The van der Waals surface area contributed by atoms with Crippen molar-refractivity contribution in [2.24, 2.45) is 5.10 Å². The zero-order valence-corrected chi connectivity index (χ0v) is 17.5. The number of carbonyl (C=O) groups excluding carboxylic acids is 2. The van der Waals surface area contributed by atoms with E-state index in [0.29, 0.717) is 12.2 Å². The molecule has 7 nitrogen and oxygen atoms in total. The van der Waals surface area contributed by atoms with Crippen molar-refractivity contribution in [3.05, 3.63) is 53.0 Å². The molecule has 2 aliphatic rings. The minimum absolute atomic E-state index is 0.0443. The predicted octanol–water partition coefficient (Wildman–Crippen LogP) is 3.19. The topological polar surface area (TPSA) is 67.1 Å². The highest BCUT2D eigenvalue weighted by atomic mass is 32.1. The van der Waals surface area contributed by atoms with Crippen molar-refractivity contribution in [2.45, 2.75) is 19.4 Å². The number of amides is 2. The smallest absolute Gasteiger partial charge is 0.291 e. The number of benzene rings is 1. The molecule has 2 amide bonds.